The van der Waals surface area contributed by atoms with Crippen molar-refractivity contribution < 1.29 is 0 Å². The predicted octanol–water partition coefficient (Wildman–Crippen LogP) is 4.13. The first-order chi connectivity index (χ1) is 9.58. The summed E-state index contributed by atoms with van der Waals surface area (Å²) in [6.07, 6.45) is 7.22. The zero-order valence-electron chi connectivity index (χ0n) is 11.2. The highest BCUT2D eigenvalue weighted by Crippen LogP contribution is 2.34. The highest BCUT2D eigenvalue weighted by atomic mass is 79.9. The van der Waals surface area contributed by atoms with Crippen LogP contribution in [0.1, 0.15) is 19.2 Å². The van der Waals surface area contributed by atoms with Crippen molar-refractivity contribution in [3.05, 3.63) is 33.5 Å². The zero-order valence-corrected chi connectivity index (χ0v) is 13.5. The van der Waals surface area contributed by atoms with Crippen LogP contribution in [0.25, 0.3) is 11.3 Å². The molecule has 1 heterocycles. The van der Waals surface area contributed by atoms with Crippen LogP contribution in [0.2, 0.25) is 5.02 Å². The molecule has 0 radical (unpaired) electrons. The number of terminal acetylenes is 1. The Balaban J connectivity index is 2.60. The first-order valence-corrected chi connectivity index (χ1v) is 7.49. The zero-order chi connectivity index (χ0) is 14.7. The summed E-state index contributed by atoms with van der Waals surface area (Å²) in [5, 5.41) is 0.619. The molecule has 0 aliphatic heterocycles. The number of hydrogen-bond donors (Lipinski definition) is 1. The van der Waals surface area contributed by atoms with Gasteiger partial charge < -0.3 is 10.3 Å². The molecule has 104 valence electrons. The summed E-state index contributed by atoms with van der Waals surface area (Å²) >= 11 is 9.69. The third kappa shape index (κ3) is 2.84. The van der Waals surface area contributed by atoms with Gasteiger partial charge in [0.15, 0.2) is 0 Å². The molecule has 0 aliphatic carbocycles. The van der Waals surface area contributed by atoms with E-state index in [1.807, 2.05) is 22.8 Å². The van der Waals surface area contributed by atoms with Crippen LogP contribution < -0.4 is 5.73 Å². The van der Waals surface area contributed by atoms with Gasteiger partial charge in [-0.25, -0.2) is 4.98 Å². The van der Waals surface area contributed by atoms with Gasteiger partial charge in [0.05, 0.1) is 11.6 Å². The van der Waals surface area contributed by atoms with Crippen LogP contribution in [0.5, 0.6) is 0 Å². The monoisotopic (exact) mass is 351 g/mol. The molecule has 0 spiro atoms. The van der Waals surface area contributed by atoms with Crippen molar-refractivity contribution in [3.8, 4) is 23.6 Å². The number of rotatable bonds is 4. The van der Waals surface area contributed by atoms with Gasteiger partial charge in [-0.2, -0.15) is 0 Å². The summed E-state index contributed by atoms with van der Waals surface area (Å²) in [6, 6.07) is 5.62. The number of imidazole rings is 1. The summed E-state index contributed by atoms with van der Waals surface area (Å²) in [7, 11) is 0. The van der Waals surface area contributed by atoms with Crippen LogP contribution in [0.3, 0.4) is 0 Å². The highest BCUT2D eigenvalue weighted by Gasteiger charge is 2.17. The number of halogens is 2. The molecule has 0 saturated carbocycles. The van der Waals surface area contributed by atoms with E-state index in [1.54, 1.807) is 0 Å². The Bertz CT molecular complexity index is 670. The third-order valence-corrected chi connectivity index (χ3v) is 3.82. The quantitative estimate of drug-likeness (QED) is 0.841. The molecule has 0 aliphatic rings. The summed E-state index contributed by atoms with van der Waals surface area (Å²) < 4.78 is 2.80. The molecule has 3 nitrogen and oxygen atoms in total. The van der Waals surface area contributed by atoms with Crippen molar-refractivity contribution in [2.45, 2.75) is 26.3 Å². The number of hydrogen-bond acceptors (Lipinski definition) is 2. The van der Waals surface area contributed by atoms with Gasteiger partial charge in [0.25, 0.3) is 0 Å². The van der Waals surface area contributed by atoms with E-state index in [4.69, 9.17) is 23.8 Å². The molecule has 1 aromatic heterocycles. The summed E-state index contributed by atoms with van der Waals surface area (Å²) in [5.41, 5.74) is 7.70. The van der Waals surface area contributed by atoms with Gasteiger partial charge in [-0.3, -0.25) is 0 Å². The standard InChI is InChI=1S/C15H15BrClN3/c1-3-5-13-19-14(15(18)20(13)8-4-2)11-9-10(16)6-7-12(11)17/h2,6-7,9H,3,5,8,18H2,1H3. The van der Waals surface area contributed by atoms with Gasteiger partial charge in [-0.05, 0) is 24.6 Å². The number of anilines is 1. The average Bonchev–Trinajstić information content (AvgIpc) is 2.71. The van der Waals surface area contributed by atoms with Crippen LogP contribution in [0, 0.1) is 12.3 Å². The number of benzene rings is 1. The Kier molecular flexibility index (Phi) is 4.74. The van der Waals surface area contributed by atoms with Crippen LogP contribution >= 0.6 is 27.5 Å². The number of nitrogens with zero attached hydrogens (tertiary/aromatic N) is 2. The van der Waals surface area contributed by atoms with E-state index in [9.17, 15) is 0 Å². The number of aromatic nitrogens is 2. The van der Waals surface area contributed by atoms with E-state index in [-0.39, 0.29) is 0 Å². The van der Waals surface area contributed by atoms with Crippen molar-refractivity contribution in [3.63, 3.8) is 0 Å². The van der Waals surface area contributed by atoms with Gasteiger partial charge in [-0.1, -0.05) is 40.4 Å². The van der Waals surface area contributed by atoms with E-state index >= 15 is 0 Å². The van der Waals surface area contributed by atoms with Crippen molar-refractivity contribution in [2.24, 2.45) is 0 Å². The second kappa shape index (κ2) is 6.34. The molecule has 20 heavy (non-hydrogen) atoms. The van der Waals surface area contributed by atoms with E-state index < -0.39 is 0 Å². The van der Waals surface area contributed by atoms with Crippen LogP contribution in [0.4, 0.5) is 5.82 Å². The lowest BCUT2D eigenvalue weighted by Crippen LogP contribution is -2.06. The van der Waals surface area contributed by atoms with Gasteiger partial charge in [-0.15, -0.1) is 6.42 Å². The van der Waals surface area contributed by atoms with Crippen molar-refractivity contribution in [1.29, 1.82) is 0 Å². The van der Waals surface area contributed by atoms with E-state index in [1.165, 1.54) is 0 Å². The van der Waals surface area contributed by atoms with Gasteiger partial charge >= 0.3 is 0 Å². The fourth-order valence-electron chi connectivity index (χ4n) is 2.07. The molecule has 2 aromatic rings. The minimum absolute atomic E-state index is 0.416. The van der Waals surface area contributed by atoms with Gasteiger partial charge in [0.1, 0.15) is 17.3 Å². The van der Waals surface area contributed by atoms with Crippen molar-refractivity contribution >= 4 is 33.3 Å². The molecule has 0 atom stereocenters. The topological polar surface area (TPSA) is 43.8 Å². The molecule has 0 bridgehead atoms. The number of nitrogen functional groups attached to an aromatic ring is 1. The smallest absolute Gasteiger partial charge is 0.132 e. The second-order valence-corrected chi connectivity index (χ2v) is 5.75. The molecule has 2 rings (SSSR count). The van der Waals surface area contributed by atoms with Crippen molar-refractivity contribution in [1.82, 2.24) is 9.55 Å². The largest absolute Gasteiger partial charge is 0.383 e. The first kappa shape index (κ1) is 15.0. The maximum absolute atomic E-state index is 6.25. The van der Waals surface area contributed by atoms with E-state index in [0.29, 0.717) is 23.1 Å². The lowest BCUT2D eigenvalue weighted by atomic mass is 10.1. The molecular weight excluding hydrogens is 338 g/mol. The Morgan fingerprint density at radius 3 is 2.90 bits per heavy atom. The number of aryl methyl sites for hydroxylation is 1. The Labute approximate surface area is 132 Å². The van der Waals surface area contributed by atoms with Gasteiger partial charge in [0.2, 0.25) is 0 Å². The van der Waals surface area contributed by atoms with Crippen LogP contribution in [-0.4, -0.2) is 9.55 Å². The Morgan fingerprint density at radius 2 is 2.25 bits per heavy atom. The molecule has 0 unspecified atom stereocenters. The average molecular weight is 353 g/mol. The molecule has 0 saturated heterocycles. The predicted molar refractivity (Wildman–Crippen MR) is 87.6 cm³/mol. The maximum Gasteiger partial charge on any atom is 0.132 e. The van der Waals surface area contributed by atoms with Crippen LogP contribution in [0.15, 0.2) is 22.7 Å². The SMILES string of the molecule is C#CCn1c(CCC)nc(-c2cc(Br)ccc2Cl)c1N. The third-order valence-electron chi connectivity index (χ3n) is 2.99. The fraction of sp³-hybridized carbons (Fsp3) is 0.267. The minimum Gasteiger partial charge on any atom is -0.383 e. The number of nitrogens with two attached hydrogens (primary N) is 1. The molecule has 0 amide bonds. The first-order valence-electron chi connectivity index (χ1n) is 6.32. The summed E-state index contributed by atoms with van der Waals surface area (Å²) in [6.45, 7) is 2.51. The molecule has 5 heteroatoms. The minimum atomic E-state index is 0.416. The van der Waals surface area contributed by atoms with Gasteiger partial charge in [0, 0.05) is 16.5 Å². The van der Waals surface area contributed by atoms with E-state index in [2.05, 4.69) is 33.8 Å². The highest BCUT2D eigenvalue weighted by molar-refractivity contribution is 9.10. The second-order valence-electron chi connectivity index (χ2n) is 4.43. The summed E-state index contributed by atoms with van der Waals surface area (Å²) in [4.78, 5) is 4.63. The molecule has 1 aromatic carbocycles. The fourth-order valence-corrected chi connectivity index (χ4v) is 2.64. The van der Waals surface area contributed by atoms with Crippen molar-refractivity contribution in [2.75, 3.05) is 5.73 Å². The van der Waals surface area contributed by atoms with E-state index in [0.717, 1.165) is 28.7 Å². The lowest BCUT2D eigenvalue weighted by molar-refractivity contribution is 0.733. The molecule has 0 fully saturated rings. The lowest BCUT2D eigenvalue weighted by Gasteiger charge is -2.06. The molecule has 2 N–H and O–H groups in total. The summed E-state index contributed by atoms with van der Waals surface area (Å²) in [5.74, 6) is 4.07. The Morgan fingerprint density at radius 1 is 1.50 bits per heavy atom. The normalized spacial score (nSPS) is 10.5. The van der Waals surface area contributed by atoms with Crippen LogP contribution in [-0.2, 0) is 13.0 Å². The maximum atomic E-state index is 6.25. The Hall–Kier alpha value is -1.44. The molecular formula is C15H15BrClN3.